The van der Waals surface area contributed by atoms with Gasteiger partial charge in [0, 0.05) is 0 Å². The van der Waals surface area contributed by atoms with Crippen LogP contribution in [0.2, 0.25) is 4.44 Å². The third-order valence-electron chi connectivity index (χ3n) is 0.599. The average molecular weight is 245 g/mol. The molecule has 3 radical (unpaired) electrons. The van der Waals surface area contributed by atoms with Crippen molar-refractivity contribution in [3.63, 3.8) is 0 Å². The first kappa shape index (κ1) is 8.38. The quantitative estimate of drug-likeness (QED) is 0.527. The normalized spacial score (nSPS) is 10.3. The molecular weight excluding hydrogens is 238 g/mol. The van der Waals surface area contributed by atoms with Crippen LogP contribution in [0.15, 0.2) is 0 Å². The van der Waals surface area contributed by atoms with E-state index in [1.807, 2.05) is 0 Å². The van der Waals surface area contributed by atoms with Crippen molar-refractivity contribution in [3.05, 3.63) is 0 Å². The second kappa shape index (κ2) is 5.51. The molecule has 0 N–H and O–H groups in total. The molecule has 0 rings (SSSR count). The van der Waals surface area contributed by atoms with Gasteiger partial charge in [-0.1, -0.05) is 0 Å². The summed E-state index contributed by atoms with van der Waals surface area (Å²) in [5.41, 5.74) is 0. The number of halogens is 2. The van der Waals surface area contributed by atoms with E-state index in [-0.39, 0.29) is 4.84 Å². The molecule has 7 heavy (non-hydrogen) atoms. The molecule has 0 saturated carbocycles. The van der Waals surface area contributed by atoms with Crippen LogP contribution in [0.3, 0.4) is 0 Å². The minimum absolute atomic E-state index is 0.138. The summed E-state index contributed by atoms with van der Waals surface area (Å²) in [7, 11) is 0. The second-order valence-electron chi connectivity index (χ2n) is 1.28. The van der Waals surface area contributed by atoms with Gasteiger partial charge in [-0.25, -0.2) is 0 Å². The summed E-state index contributed by atoms with van der Waals surface area (Å²) < 4.78 is 1.27. The first-order valence-electron chi connectivity index (χ1n) is 2.20. The van der Waals surface area contributed by atoms with Gasteiger partial charge in [-0.3, -0.25) is 0 Å². The summed E-state index contributed by atoms with van der Waals surface area (Å²) in [5, 5.41) is 0. The zero-order valence-electron chi connectivity index (χ0n) is 3.95. The number of hydrogen-bond donors (Lipinski definition) is 0. The van der Waals surface area contributed by atoms with Gasteiger partial charge in [0.1, 0.15) is 0 Å². The van der Waals surface area contributed by atoms with Crippen molar-refractivity contribution in [2.45, 2.75) is 22.1 Å². The fourth-order valence-corrected chi connectivity index (χ4v) is 1.15. The van der Waals surface area contributed by atoms with Gasteiger partial charge in [-0.05, 0) is 0 Å². The van der Waals surface area contributed by atoms with Gasteiger partial charge in [0.15, 0.2) is 0 Å². The predicted molar refractivity (Wildman–Crippen MR) is 35.3 cm³/mol. The van der Waals surface area contributed by atoms with Crippen molar-refractivity contribution in [1.82, 2.24) is 0 Å². The van der Waals surface area contributed by atoms with Crippen LogP contribution in [-0.4, -0.2) is 27.4 Å². The second-order valence-corrected chi connectivity index (χ2v) is 3.99. The molecule has 0 amide bonds. The Kier molecular flexibility index (Phi) is 6.60. The molecule has 0 spiro atoms. The minimum atomic E-state index is -0.138. The van der Waals surface area contributed by atoms with E-state index in [4.69, 9.17) is 23.2 Å². The molecule has 0 nitrogen and oxygen atoms in total. The Hall–Kier alpha value is 1.38. The zero-order valence-corrected chi connectivity index (χ0v) is 8.32. The van der Waals surface area contributed by atoms with Gasteiger partial charge < -0.3 is 0 Å². The predicted octanol–water partition coefficient (Wildman–Crippen LogP) is 2.16. The van der Waals surface area contributed by atoms with Gasteiger partial charge in [0.25, 0.3) is 0 Å². The maximum atomic E-state index is 5.43. The monoisotopic (exact) mass is 245 g/mol. The van der Waals surface area contributed by atoms with Crippen LogP contribution >= 0.6 is 23.2 Å². The first-order valence-corrected chi connectivity index (χ1v) is 5.09. The average Bonchev–Trinajstić information content (AvgIpc) is 1.61. The van der Waals surface area contributed by atoms with Crippen LogP contribution in [0.4, 0.5) is 0 Å². The van der Waals surface area contributed by atoms with Crippen molar-refractivity contribution >= 4 is 45.7 Å². The summed E-state index contributed by atoms with van der Waals surface area (Å²) in [5.74, 6) is 0. The van der Waals surface area contributed by atoms with Crippen molar-refractivity contribution in [1.29, 1.82) is 0 Å². The van der Waals surface area contributed by atoms with Crippen molar-refractivity contribution in [2.24, 2.45) is 0 Å². The molecule has 3 heteroatoms. The third-order valence-corrected chi connectivity index (χ3v) is 2.04. The van der Waals surface area contributed by atoms with Gasteiger partial charge in [0.2, 0.25) is 0 Å². The third kappa shape index (κ3) is 7.38. The van der Waals surface area contributed by atoms with Crippen LogP contribution in [0.1, 0.15) is 12.8 Å². The molecular formula is C4H7Cl2Sn. The van der Waals surface area contributed by atoms with Crippen LogP contribution in [0, 0.1) is 0 Å². The van der Waals surface area contributed by atoms with E-state index in [0.717, 1.165) is 6.42 Å². The fraction of sp³-hybridized carbons (Fsp3) is 1.00. The van der Waals surface area contributed by atoms with Crippen molar-refractivity contribution < 1.29 is 0 Å². The Balaban J connectivity index is 2.68. The Labute approximate surface area is 67.6 Å². The Morgan fingerprint density at radius 2 is 2.00 bits per heavy atom. The van der Waals surface area contributed by atoms with Gasteiger partial charge in [-0.2, -0.15) is 0 Å². The molecule has 0 atom stereocenters. The van der Waals surface area contributed by atoms with Crippen molar-refractivity contribution in [3.8, 4) is 0 Å². The molecule has 0 fully saturated rings. The Bertz CT molecular complexity index is 38.7. The molecule has 0 aromatic rings. The van der Waals surface area contributed by atoms with Crippen LogP contribution in [0.25, 0.3) is 0 Å². The molecule has 0 aliphatic heterocycles. The molecule has 0 aliphatic carbocycles. The zero-order chi connectivity index (χ0) is 5.70. The number of hydrogen-bond acceptors (Lipinski definition) is 0. The maximum absolute atomic E-state index is 5.43. The van der Waals surface area contributed by atoms with E-state index in [1.165, 1.54) is 10.9 Å². The number of alkyl halides is 2. The summed E-state index contributed by atoms with van der Waals surface area (Å²) in [6, 6.07) is 0. The standard InChI is InChI=1S/C4H7Cl2.Sn/c1-2-3-4(5)6;/h4H,1-3H2;. The van der Waals surface area contributed by atoms with E-state index in [0.29, 0.717) is 0 Å². The molecule has 0 unspecified atom stereocenters. The SMILES string of the molecule is ClC(Cl)CC[CH2][Sn]. The molecule has 0 aromatic carbocycles. The summed E-state index contributed by atoms with van der Waals surface area (Å²) >= 11 is 12.4. The summed E-state index contributed by atoms with van der Waals surface area (Å²) in [6.07, 6.45) is 2.13. The van der Waals surface area contributed by atoms with Gasteiger partial charge in [0.05, 0.1) is 0 Å². The molecule has 0 bridgehead atoms. The van der Waals surface area contributed by atoms with E-state index in [9.17, 15) is 0 Å². The summed E-state index contributed by atoms with van der Waals surface area (Å²) in [4.78, 5) is -0.138. The van der Waals surface area contributed by atoms with Gasteiger partial charge >= 0.3 is 67.8 Å². The van der Waals surface area contributed by atoms with E-state index in [1.54, 1.807) is 22.5 Å². The molecule has 0 aliphatic rings. The Morgan fingerprint density at radius 1 is 1.43 bits per heavy atom. The van der Waals surface area contributed by atoms with Crippen LogP contribution in [0.5, 0.6) is 0 Å². The molecule has 41 valence electrons. The molecule has 0 aromatic heterocycles. The first-order chi connectivity index (χ1) is 3.27. The Morgan fingerprint density at radius 3 is 2.14 bits per heavy atom. The number of rotatable bonds is 3. The van der Waals surface area contributed by atoms with E-state index >= 15 is 0 Å². The van der Waals surface area contributed by atoms with Crippen molar-refractivity contribution in [2.75, 3.05) is 0 Å². The van der Waals surface area contributed by atoms with E-state index in [2.05, 4.69) is 0 Å². The summed E-state index contributed by atoms with van der Waals surface area (Å²) in [6.45, 7) is 0. The van der Waals surface area contributed by atoms with E-state index < -0.39 is 0 Å². The van der Waals surface area contributed by atoms with Crippen LogP contribution < -0.4 is 0 Å². The topological polar surface area (TPSA) is 0 Å². The van der Waals surface area contributed by atoms with Gasteiger partial charge in [-0.15, -0.1) is 0 Å². The fourth-order valence-electron chi connectivity index (χ4n) is 0.256. The van der Waals surface area contributed by atoms with Crippen LogP contribution in [-0.2, 0) is 0 Å². The molecule has 0 heterocycles. The molecule has 0 saturated heterocycles.